The molecule has 5 heteroatoms. The van der Waals surface area contributed by atoms with Crippen LogP contribution in [0.5, 0.6) is 5.75 Å². The first kappa shape index (κ1) is 18.3. The molecule has 1 unspecified atom stereocenters. The molecule has 0 fully saturated rings. The Hall–Kier alpha value is -2.04. The van der Waals surface area contributed by atoms with Crippen molar-refractivity contribution in [3.05, 3.63) is 29.8 Å². The molecule has 5 nitrogen and oxygen atoms in total. The van der Waals surface area contributed by atoms with Gasteiger partial charge in [0.15, 0.2) is 6.10 Å². The average Bonchev–Trinajstić information content (AvgIpc) is 2.99. The summed E-state index contributed by atoms with van der Waals surface area (Å²) in [6, 6.07) is 7.78. The molecule has 0 saturated heterocycles. The van der Waals surface area contributed by atoms with Gasteiger partial charge >= 0.3 is 0 Å². The second kappa shape index (κ2) is 7.69. The molecule has 0 aromatic heterocycles. The number of hydrogen-bond donors (Lipinski definition) is 0. The van der Waals surface area contributed by atoms with E-state index < -0.39 is 0 Å². The van der Waals surface area contributed by atoms with Crippen LogP contribution < -0.4 is 4.74 Å². The molecule has 0 radical (unpaired) electrons. The third-order valence-corrected chi connectivity index (χ3v) is 4.00. The Bertz CT molecular complexity index is 588. The van der Waals surface area contributed by atoms with Crippen molar-refractivity contribution in [2.75, 3.05) is 20.2 Å². The quantitative estimate of drug-likeness (QED) is 0.801. The number of amides is 1. The molecular formula is C19H28N2O3. The molecule has 0 spiro atoms. The third-order valence-electron chi connectivity index (χ3n) is 4.00. The topological polar surface area (TPSA) is 51.1 Å². The summed E-state index contributed by atoms with van der Waals surface area (Å²) >= 11 is 0. The molecule has 1 amide bonds. The Morgan fingerprint density at radius 3 is 2.54 bits per heavy atom. The predicted molar refractivity (Wildman–Crippen MR) is 95.3 cm³/mol. The summed E-state index contributed by atoms with van der Waals surface area (Å²) in [5, 5.41) is 4.20. The monoisotopic (exact) mass is 332 g/mol. The maximum Gasteiger partial charge on any atom is 0.223 e. The summed E-state index contributed by atoms with van der Waals surface area (Å²) < 4.78 is 5.17. The van der Waals surface area contributed by atoms with Gasteiger partial charge in [-0.15, -0.1) is 0 Å². The first-order valence-corrected chi connectivity index (χ1v) is 8.47. The lowest BCUT2D eigenvalue weighted by atomic mass is 9.91. The molecule has 0 bridgehead atoms. The normalized spacial score (nSPS) is 17.2. The zero-order valence-corrected chi connectivity index (χ0v) is 15.3. The minimum Gasteiger partial charge on any atom is -0.497 e. The fourth-order valence-corrected chi connectivity index (χ4v) is 2.70. The Morgan fingerprint density at radius 2 is 2.00 bits per heavy atom. The largest absolute Gasteiger partial charge is 0.497 e. The van der Waals surface area contributed by atoms with Gasteiger partial charge in [-0.25, -0.2) is 0 Å². The van der Waals surface area contributed by atoms with Crippen molar-refractivity contribution in [3.8, 4) is 5.75 Å². The number of methoxy groups -OCH3 is 1. The van der Waals surface area contributed by atoms with Crippen molar-refractivity contribution in [2.24, 2.45) is 10.6 Å². The SMILES string of the molecule is CCN(CC1CC(c2ccc(OC)cc2)=NO1)C(=O)CC(C)(C)C. The zero-order valence-electron chi connectivity index (χ0n) is 15.3. The molecule has 1 aromatic carbocycles. The maximum absolute atomic E-state index is 12.4. The van der Waals surface area contributed by atoms with Crippen LogP contribution in [-0.4, -0.2) is 42.8 Å². The van der Waals surface area contributed by atoms with E-state index in [0.717, 1.165) is 17.0 Å². The number of benzene rings is 1. The highest BCUT2D eigenvalue weighted by atomic mass is 16.6. The van der Waals surface area contributed by atoms with Crippen molar-refractivity contribution in [2.45, 2.75) is 46.6 Å². The summed E-state index contributed by atoms with van der Waals surface area (Å²) in [6.07, 6.45) is 1.18. The van der Waals surface area contributed by atoms with E-state index in [1.54, 1.807) is 7.11 Å². The van der Waals surface area contributed by atoms with E-state index in [9.17, 15) is 4.79 Å². The first-order chi connectivity index (χ1) is 11.3. The highest BCUT2D eigenvalue weighted by Crippen LogP contribution is 2.22. The van der Waals surface area contributed by atoms with Gasteiger partial charge in [-0.1, -0.05) is 25.9 Å². The maximum atomic E-state index is 12.4. The van der Waals surface area contributed by atoms with Gasteiger partial charge in [-0.05, 0) is 42.2 Å². The molecule has 132 valence electrons. The zero-order chi connectivity index (χ0) is 17.7. The molecule has 0 saturated carbocycles. The van der Waals surface area contributed by atoms with Crippen LogP contribution >= 0.6 is 0 Å². The lowest BCUT2D eigenvalue weighted by Gasteiger charge is -2.27. The minimum absolute atomic E-state index is 0.00814. The minimum atomic E-state index is -0.0778. The van der Waals surface area contributed by atoms with Gasteiger partial charge in [0.05, 0.1) is 19.4 Å². The van der Waals surface area contributed by atoms with Crippen molar-refractivity contribution in [3.63, 3.8) is 0 Å². The molecule has 1 aromatic rings. The van der Waals surface area contributed by atoms with E-state index >= 15 is 0 Å². The Morgan fingerprint density at radius 1 is 1.33 bits per heavy atom. The molecule has 1 aliphatic heterocycles. The molecule has 0 aliphatic carbocycles. The Labute approximate surface area is 144 Å². The van der Waals surface area contributed by atoms with Gasteiger partial charge in [-0.3, -0.25) is 4.79 Å². The van der Waals surface area contributed by atoms with Gasteiger partial charge in [0, 0.05) is 19.4 Å². The second-order valence-electron chi connectivity index (χ2n) is 7.37. The van der Waals surface area contributed by atoms with E-state index in [0.29, 0.717) is 25.9 Å². The highest BCUT2D eigenvalue weighted by Gasteiger charge is 2.27. The average molecular weight is 332 g/mol. The van der Waals surface area contributed by atoms with Crippen LogP contribution in [0.3, 0.4) is 0 Å². The van der Waals surface area contributed by atoms with E-state index in [2.05, 4.69) is 25.9 Å². The molecule has 1 heterocycles. The van der Waals surface area contributed by atoms with Crippen molar-refractivity contribution >= 4 is 11.6 Å². The van der Waals surface area contributed by atoms with Gasteiger partial charge in [0.2, 0.25) is 5.91 Å². The summed E-state index contributed by atoms with van der Waals surface area (Å²) in [5.41, 5.74) is 1.94. The Kier molecular flexibility index (Phi) is 5.86. The predicted octanol–water partition coefficient (Wildman–Crippen LogP) is 3.47. The van der Waals surface area contributed by atoms with E-state index in [4.69, 9.17) is 9.57 Å². The van der Waals surface area contributed by atoms with Crippen molar-refractivity contribution in [1.82, 2.24) is 4.90 Å². The number of ether oxygens (including phenoxy) is 1. The number of rotatable bonds is 6. The molecule has 24 heavy (non-hydrogen) atoms. The number of oxime groups is 1. The third kappa shape index (κ3) is 4.98. The van der Waals surface area contributed by atoms with Gasteiger partial charge in [0.1, 0.15) is 5.75 Å². The lowest BCUT2D eigenvalue weighted by Crippen LogP contribution is -2.39. The van der Waals surface area contributed by atoms with E-state index in [1.165, 1.54) is 0 Å². The standard InChI is InChI=1S/C19H28N2O3/c1-6-21(18(22)12-19(2,3)4)13-16-11-17(20-24-16)14-7-9-15(23-5)10-8-14/h7-10,16H,6,11-13H2,1-5H3. The van der Waals surface area contributed by atoms with E-state index in [-0.39, 0.29) is 17.4 Å². The Balaban J connectivity index is 1.92. The summed E-state index contributed by atoms with van der Waals surface area (Å²) in [6.45, 7) is 9.50. The fraction of sp³-hybridized carbons (Fsp3) is 0.579. The molecule has 2 rings (SSSR count). The van der Waals surface area contributed by atoms with Crippen molar-refractivity contribution < 1.29 is 14.4 Å². The number of nitrogens with zero attached hydrogens (tertiary/aromatic N) is 2. The number of carbonyl (C=O) groups is 1. The fourth-order valence-electron chi connectivity index (χ4n) is 2.70. The van der Waals surface area contributed by atoms with Crippen LogP contribution in [0.2, 0.25) is 0 Å². The summed E-state index contributed by atoms with van der Waals surface area (Å²) in [7, 11) is 1.65. The molecule has 0 N–H and O–H groups in total. The highest BCUT2D eigenvalue weighted by molar-refractivity contribution is 6.01. The molecule has 1 atom stereocenters. The lowest BCUT2D eigenvalue weighted by molar-refractivity contribution is -0.134. The number of carbonyl (C=O) groups excluding carboxylic acids is 1. The van der Waals surface area contributed by atoms with Crippen LogP contribution in [0.25, 0.3) is 0 Å². The van der Waals surface area contributed by atoms with Gasteiger partial charge in [-0.2, -0.15) is 0 Å². The van der Waals surface area contributed by atoms with Gasteiger partial charge < -0.3 is 14.5 Å². The second-order valence-corrected chi connectivity index (χ2v) is 7.37. The van der Waals surface area contributed by atoms with Crippen LogP contribution in [0.1, 0.15) is 46.1 Å². The molecular weight excluding hydrogens is 304 g/mol. The summed E-state index contributed by atoms with van der Waals surface area (Å²) in [5.74, 6) is 0.992. The van der Waals surface area contributed by atoms with Crippen LogP contribution in [-0.2, 0) is 9.63 Å². The smallest absolute Gasteiger partial charge is 0.223 e. The van der Waals surface area contributed by atoms with E-state index in [1.807, 2.05) is 36.1 Å². The summed E-state index contributed by atoms with van der Waals surface area (Å²) in [4.78, 5) is 19.8. The molecule has 1 aliphatic rings. The number of likely N-dealkylation sites (N-methyl/N-ethyl adjacent to an activating group) is 1. The van der Waals surface area contributed by atoms with Crippen LogP contribution in [0.15, 0.2) is 29.4 Å². The first-order valence-electron chi connectivity index (χ1n) is 8.47. The van der Waals surface area contributed by atoms with Crippen molar-refractivity contribution in [1.29, 1.82) is 0 Å². The van der Waals surface area contributed by atoms with Crippen LogP contribution in [0.4, 0.5) is 0 Å². The van der Waals surface area contributed by atoms with Crippen LogP contribution in [0, 0.1) is 5.41 Å². The van der Waals surface area contributed by atoms with Gasteiger partial charge in [0.25, 0.3) is 0 Å². The number of hydrogen-bond acceptors (Lipinski definition) is 4.